The van der Waals surface area contributed by atoms with Crippen molar-refractivity contribution in [1.82, 2.24) is 5.32 Å². The molecule has 0 heterocycles. The van der Waals surface area contributed by atoms with E-state index in [4.69, 9.17) is 0 Å². The molecule has 0 aliphatic heterocycles. The Labute approximate surface area is 117 Å². The van der Waals surface area contributed by atoms with Crippen molar-refractivity contribution in [3.05, 3.63) is 35.4 Å². The third kappa shape index (κ3) is 3.35. The van der Waals surface area contributed by atoms with E-state index in [0.717, 1.165) is 17.3 Å². The van der Waals surface area contributed by atoms with Crippen molar-refractivity contribution in [3.8, 4) is 0 Å². The van der Waals surface area contributed by atoms with Crippen molar-refractivity contribution in [1.29, 1.82) is 0 Å². The van der Waals surface area contributed by atoms with E-state index in [-0.39, 0.29) is 5.91 Å². The zero-order valence-corrected chi connectivity index (χ0v) is 12.4. The number of carbonyl (C=O) groups is 1. The molecule has 1 N–H and O–H groups in total. The van der Waals surface area contributed by atoms with Gasteiger partial charge in [0.15, 0.2) is 0 Å². The normalized spacial score (nSPS) is 23.0. The number of amides is 1. The minimum absolute atomic E-state index is 0.155. The maximum atomic E-state index is 12.1. The Balaban J connectivity index is 1.91. The fraction of sp³-hybridized carbons (Fsp3) is 0.533. The number of hydrogen-bond donors (Lipinski definition) is 1. The summed E-state index contributed by atoms with van der Waals surface area (Å²) in [5.41, 5.74) is 2.32. The Hall–Kier alpha value is -0.830. The predicted octanol–water partition coefficient (Wildman–Crippen LogP) is 3.22. The summed E-state index contributed by atoms with van der Waals surface area (Å²) in [6.45, 7) is 2.06. The Bertz CT molecular complexity index is 419. The Kier molecular flexibility index (Phi) is 4.81. The molecule has 2 nitrogen and oxygen atoms in total. The van der Waals surface area contributed by atoms with Crippen LogP contribution in [0.3, 0.4) is 0 Å². The number of carbonyl (C=O) groups excluding carboxylic acids is 1. The van der Waals surface area contributed by atoms with E-state index < -0.39 is 0 Å². The number of aryl methyl sites for hydroxylation is 1. The summed E-state index contributed by atoms with van der Waals surface area (Å²) in [5.74, 6) is 0.757. The summed E-state index contributed by atoms with van der Waals surface area (Å²) in [6, 6.07) is 8.45. The minimum Gasteiger partial charge on any atom is -0.353 e. The number of alkyl halides is 1. The standard InChI is InChI=1S/C15H20BrNO/c1-11-5-2-3-6-12(11)9-15(18)17-14-8-4-7-13(14)10-16/h2-3,5-6,13-14H,4,7-10H2,1H3,(H,17,18). The van der Waals surface area contributed by atoms with Crippen LogP contribution in [0.4, 0.5) is 0 Å². The van der Waals surface area contributed by atoms with Crippen LogP contribution < -0.4 is 5.32 Å². The van der Waals surface area contributed by atoms with Crippen LogP contribution in [0.5, 0.6) is 0 Å². The maximum Gasteiger partial charge on any atom is 0.224 e. The van der Waals surface area contributed by atoms with Gasteiger partial charge in [0.05, 0.1) is 6.42 Å². The smallest absolute Gasteiger partial charge is 0.224 e. The van der Waals surface area contributed by atoms with Crippen molar-refractivity contribution in [3.63, 3.8) is 0 Å². The minimum atomic E-state index is 0.155. The first-order chi connectivity index (χ1) is 8.70. The molecule has 98 valence electrons. The van der Waals surface area contributed by atoms with E-state index in [2.05, 4.69) is 34.2 Å². The molecule has 0 spiro atoms. The summed E-state index contributed by atoms with van der Waals surface area (Å²) in [5, 5.41) is 4.18. The van der Waals surface area contributed by atoms with Crippen molar-refractivity contribution in [2.24, 2.45) is 5.92 Å². The summed E-state index contributed by atoms with van der Waals surface area (Å²) >= 11 is 3.53. The lowest BCUT2D eigenvalue weighted by Crippen LogP contribution is -2.38. The molecule has 1 aromatic carbocycles. The van der Waals surface area contributed by atoms with Crippen molar-refractivity contribution in [2.45, 2.75) is 38.6 Å². The summed E-state index contributed by atoms with van der Waals surface area (Å²) < 4.78 is 0. The first-order valence-corrected chi connectivity index (χ1v) is 7.72. The van der Waals surface area contributed by atoms with Gasteiger partial charge in [-0.25, -0.2) is 0 Å². The monoisotopic (exact) mass is 309 g/mol. The van der Waals surface area contributed by atoms with Gasteiger partial charge < -0.3 is 5.32 Å². The second-order valence-corrected chi connectivity index (χ2v) is 5.77. The Morgan fingerprint density at radius 3 is 2.89 bits per heavy atom. The van der Waals surface area contributed by atoms with Gasteiger partial charge in [0, 0.05) is 11.4 Å². The van der Waals surface area contributed by atoms with E-state index in [1.807, 2.05) is 18.2 Å². The molecule has 2 unspecified atom stereocenters. The highest BCUT2D eigenvalue weighted by Gasteiger charge is 2.27. The molecule has 1 aliphatic carbocycles. The molecule has 0 radical (unpaired) electrons. The molecule has 2 atom stereocenters. The zero-order valence-electron chi connectivity index (χ0n) is 10.8. The average Bonchev–Trinajstić information content (AvgIpc) is 2.79. The Morgan fingerprint density at radius 2 is 2.17 bits per heavy atom. The fourth-order valence-corrected chi connectivity index (χ4v) is 3.43. The molecule has 2 rings (SSSR count). The maximum absolute atomic E-state index is 12.1. The lowest BCUT2D eigenvalue weighted by atomic mass is 10.0. The molecule has 0 saturated heterocycles. The van der Waals surface area contributed by atoms with Crippen LogP contribution in [-0.4, -0.2) is 17.3 Å². The highest BCUT2D eigenvalue weighted by atomic mass is 79.9. The van der Waals surface area contributed by atoms with E-state index >= 15 is 0 Å². The third-order valence-electron chi connectivity index (χ3n) is 3.82. The fourth-order valence-electron chi connectivity index (χ4n) is 2.65. The van der Waals surface area contributed by atoms with Gasteiger partial charge in [0.25, 0.3) is 0 Å². The number of rotatable bonds is 4. The predicted molar refractivity (Wildman–Crippen MR) is 77.9 cm³/mol. The van der Waals surface area contributed by atoms with E-state index in [0.29, 0.717) is 18.4 Å². The van der Waals surface area contributed by atoms with Crippen LogP contribution in [0.15, 0.2) is 24.3 Å². The first kappa shape index (κ1) is 13.6. The van der Waals surface area contributed by atoms with Gasteiger partial charge in [-0.2, -0.15) is 0 Å². The van der Waals surface area contributed by atoms with Crippen molar-refractivity contribution in [2.75, 3.05) is 5.33 Å². The second-order valence-electron chi connectivity index (χ2n) is 5.12. The molecule has 1 amide bonds. The van der Waals surface area contributed by atoms with Gasteiger partial charge in [0.2, 0.25) is 5.91 Å². The van der Waals surface area contributed by atoms with Crippen molar-refractivity contribution >= 4 is 21.8 Å². The zero-order chi connectivity index (χ0) is 13.0. The number of benzene rings is 1. The molecular formula is C15H20BrNO. The van der Waals surface area contributed by atoms with Gasteiger partial charge in [-0.15, -0.1) is 0 Å². The quantitative estimate of drug-likeness (QED) is 0.850. The van der Waals surface area contributed by atoms with Gasteiger partial charge in [0.1, 0.15) is 0 Å². The van der Waals surface area contributed by atoms with Crippen LogP contribution in [-0.2, 0) is 11.2 Å². The summed E-state index contributed by atoms with van der Waals surface area (Å²) in [4.78, 5) is 12.1. The molecule has 0 aromatic heterocycles. The third-order valence-corrected chi connectivity index (χ3v) is 4.65. The first-order valence-electron chi connectivity index (χ1n) is 6.60. The highest BCUT2D eigenvalue weighted by molar-refractivity contribution is 9.09. The van der Waals surface area contributed by atoms with Gasteiger partial charge in [-0.05, 0) is 36.8 Å². The van der Waals surface area contributed by atoms with E-state index in [1.54, 1.807) is 0 Å². The average molecular weight is 310 g/mol. The van der Waals surface area contributed by atoms with Gasteiger partial charge in [-0.1, -0.05) is 46.6 Å². The molecule has 1 aliphatic rings. The topological polar surface area (TPSA) is 29.1 Å². The summed E-state index contributed by atoms with van der Waals surface area (Å²) in [7, 11) is 0. The second kappa shape index (κ2) is 6.37. The SMILES string of the molecule is Cc1ccccc1CC(=O)NC1CCCC1CBr. The molecular weight excluding hydrogens is 290 g/mol. The molecule has 3 heteroatoms. The molecule has 1 fully saturated rings. The lowest BCUT2D eigenvalue weighted by molar-refractivity contribution is -0.121. The van der Waals surface area contributed by atoms with Crippen molar-refractivity contribution < 1.29 is 4.79 Å². The van der Waals surface area contributed by atoms with Crippen LogP contribution >= 0.6 is 15.9 Å². The van der Waals surface area contributed by atoms with Crippen LogP contribution in [0.25, 0.3) is 0 Å². The van der Waals surface area contributed by atoms with Crippen LogP contribution in [0.1, 0.15) is 30.4 Å². The van der Waals surface area contributed by atoms with Gasteiger partial charge in [-0.3, -0.25) is 4.79 Å². The molecule has 1 saturated carbocycles. The largest absolute Gasteiger partial charge is 0.353 e. The van der Waals surface area contributed by atoms with E-state index in [9.17, 15) is 4.79 Å². The highest BCUT2D eigenvalue weighted by Crippen LogP contribution is 2.27. The number of nitrogens with one attached hydrogen (secondary N) is 1. The molecule has 0 bridgehead atoms. The number of hydrogen-bond acceptors (Lipinski definition) is 1. The molecule has 1 aromatic rings. The van der Waals surface area contributed by atoms with E-state index in [1.165, 1.54) is 18.4 Å². The van der Waals surface area contributed by atoms with Crippen LogP contribution in [0, 0.1) is 12.8 Å². The summed E-state index contributed by atoms with van der Waals surface area (Å²) in [6.07, 6.45) is 4.07. The number of halogens is 1. The Morgan fingerprint density at radius 1 is 1.39 bits per heavy atom. The lowest BCUT2D eigenvalue weighted by Gasteiger charge is -2.19. The van der Waals surface area contributed by atoms with Crippen LogP contribution in [0.2, 0.25) is 0 Å². The van der Waals surface area contributed by atoms with Gasteiger partial charge >= 0.3 is 0 Å². The molecule has 18 heavy (non-hydrogen) atoms.